The Morgan fingerprint density at radius 1 is 1.06 bits per heavy atom. The lowest BCUT2D eigenvalue weighted by molar-refractivity contribution is 0.132. The Hall–Kier alpha value is -0.0800. The number of ether oxygens (including phenoxy) is 1. The average Bonchev–Trinajstić information content (AvgIpc) is 2.24. The van der Waals surface area contributed by atoms with E-state index in [2.05, 4.69) is 39.9 Å². The van der Waals surface area contributed by atoms with Gasteiger partial charge in [-0.2, -0.15) is 0 Å². The summed E-state index contributed by atoms with van der Waals surface area (Å²) in [5.41, 5.74) is 0. The fourth-order valence-corrected chi connectivity index (χ4v) is 2.23. The summed E-state index contributed by atoms with van der Waals surface area (Å²) in [6.07, 6.45) is 3.79. The Morgan fingerprint density at radius 3 is 2.06 bits per heavy atom. The van der Waals surface area contributed by atoms with Crippen LogP contribution in [0.15, 0.2) is 0 Å². The van der Waals surface area contributed by atoms with Crippen LogP contribution in [-0.4, -0.2) is 25.8 Å². The van der Waals surface area contributed by atoms with Crippen LogP contribution in [0.4, 0.5) is 0 Å². The molecule has 0 amide bonds. The van der Waals surface area contributed by atoms with E-state index in [1.807, 2.05) is 0 Å². The highest BCUT2D eigenvalue weighted by atomic mass is 16.5. The lowest BCUT2D eigenvalue weighted by Crippen LogP contribution is -2.46. The van der Waals surface area contributed by atoms with Gasteiger partial charge in [0, 0.05) is 19.2 Å². The van der Waals surface area contributed by atoms with Crippen molar-refractivity contribution < 1.29 is 4.74 Å². The predicted molar refractivity (Wildman–Crippen MR) is 71.8 cm³/mol. The first-order valence-electron chi connectivity index (χ1n) is 6.81. The zero-order valence-corrected chi connectivity index (χ0v) is 12.0. The molecule has 0 aliphatic rings. The van der Waals surface area contributed by atoms with E-state index in [4.69, 9.17) is 4.74 Å². The molecule has 3 unspecified atom stereocenters. The van der Waals surface area contributed by atoms with Crippen LogP contribution in [0.25, 0.3) is 0 Å². The summed E-state index contributed by atoms with van der Waals surface area (Å²) in [5.74, 6) is 1.39. The number of hydrogen-bond acceptors (Lipinski definition) is 2. The number of rotatable bonds is 9. The number of hydrogen-bond donors (Lipinski definition) is 1. The smallest absolute Gasteiger partial charge is 0.0618 e. The van der Waals surface area contributed by atoms with Gasteiger partial charge < -0.3 is 10.1 Å². The van der Waals surface area contributed by atoms with Crippen molar-refractivity contribution in [1.29, 1.82) is 0 Å². The maximum absolute atomic E-state index is 5.29. The molecule has 1 N–H and O–H groups in total. The first kappa shape index (κ1) is 15.9. The van der Waals surface area contributed by atoms with Crippen LogP contribution in [0.2, 0.25) is 0 Å². The van der Waals surface area contributed by atoms with Crippen LogP contribution in [0.1, 0.15) is 53.9 Å². The molecule has 0 aromatic heterocycles. The summed E-state index contributed by atoms with van der Waals surface area (Å²) in [5, 5.41) is 3.76. The molecule has 0 heterocycles. The third-order valence-electron chi connectivity index (χ3n) is 3.45. The van der Waals surface area contributed by atoms with Gasteiger partial charge in [0.25, 0.3) is 0 Å². The minimum absolute atomic E-state index is 0.481. The summed E-state index contributed by atoms with van der Waals surface area (Å²) in [6, 6.07) is 1.11. The topological polar surface area (TPSA) is 21.3 Å². The Bertz CT molecular complexity index is 159. The standard InChI is InChI=1S/C14H31NO/c1-7-9-12(5)13(8-2)15-14(10-16-6)11(3)4/h11-15H,7-10H2,1-6H3. The Morgan fingerprint density at radius 2 is 1.69 bits per heavy atom. The molecule has 0 aliphatic heterocycles. The van der Waals surface area contributed by atoms with Gasteiger partial charge >= 0.3 is 0 Å². The third kappa shape index (κ3) is 5.86. The Balaban J connectivity index is 4.24. The van der Waals surface area contributed by atoms with Gasteiger partial charge in [-0.1, -0.05) is 41.0 Å². The summed E-state index contributed by atoms with van der Waals surface area (Å²) in [4.78, 5) is 0. The van der Waals surface area contributed by atoms with Crippen molar-refractivity contribution in [1.82, 2.24) is 5.32 Å². The molecule has 0 bridgehead atoms. The Labute approximate surface area is 102 Å². The van der Waals surface area contributed by atoms with Gasteiger partial charge in [0.2, 0.25) is 0 Å². The highest BCUT2D eigenvalue weighted by molar-refractivity contribution is 4.79. The van der Waals surface area contributed by atoms with Crippen molar-refractivity contribution >= 4 is 0 Å². The molecule has 0 radical (unpaired) electrons. The van der Waals surface area contributed by atoms with Gasteiger partial charge in [-0.05, 0) is 24.7 Å². The molecular formula is C14H31NO. The SMILES string of the molecule is CCCC(C)C(CC)NC(COC)C(C)C. The number of nitrogens with one attached hydrogen (secondary N) is 1. The highest BCUT2D eigenvalue weighted by Gasteiger charge is 2.20. The van der Waals surface area contributed by atoms with E-state index in [1.54, 1.807) is 7.11 Å². The maximum atomic E-state index is 5.29. The van der Waals surface area contributed by atoms with Crippen molar-refractivity contribution in [2.45, 2.75) is 66.0 Å². The second-order valence-corrected chi connectivity index (χ2v) is 5.25. The molecule has 0 saturated heterocycles. The van der Waals surface area contributed by atoms with Crippen LogP contribution >= 0.6 is 0 Å². The maximum Gasteiger partial charge on any atom is 0.0618 e. The minimum atomic E-state index is 0.481. The van der Waals surface area contributed by atoms with Crippen LogP contribution in [0.5, 0.6) is 0 Å². The molecule has 0 fully saturated rings. The van der Waals surface area contributed by atoms with Gasteiger partial charge in [0.05, 0.1) is 6.61 Å². The van der Waals surface area contributed by atoms with Crippen molar-refractivity contribution in [2.24, 2.45) is 11.8 Å². The second kappa shape index (κ2) is 9.00. The third-order valence-corrected chi connectivity index (χ3v) is 3.45. The number of methoxy groups -OCH3 is 1. The van der Waals surface area contributed by atoms with Crippen molar-refractivity contribution in [3.8, 4) is 0 Å². The monoisotopic (exact) mass is 229 g/mol. The molecule has 98 valence electrons. The fraction of sp³-hybridized carbons (Fsp3) is 1.00. The quantitative estimate of drug-likeness (QED) is 0.654. The van der Waals surface area contributed by atoms with Gasteiger partial charge in [-0.3, -0.25) is 0 Å². The van der Waals surface area contributed by atoms with Crippen molar-refractivity contribution in [3.05, 3.63) is 0 Å². The molecule has 2 nitrogen and oxygen atoms in total. The summed E-state index contributed by atoms with van der Waals surface area (Å²) in [7, 11) is 1.79. The van der Waals surface area contributed by atoms with E-state index < -0.39 is 0 Å². The molecule has 0 spiro atoms. The van der Waals surface area contributed by atoms with E-state index in [9.17, 15) is 0 Å². The molecule has 0 saturated carbocycles. The average molecular weight is 229 g/mol. The van der Waals surface area contributed by atoms with E-state index in [0.29, 0.717) is 18.0 Å². The van der Waals surface area contributed by atoms with Crippen molar-refractivity contribution in [2.75, 3.05) is 13.7 Å². The minimum Gasteiger partial charge on any atom is -0.383 e. The molecule has 0 aromatic rings. The lowest BCUT2D eigenvalue weighted by atomic mass is 9.93. The predicted octanol–water partition coefficient (Wildman–Crippen LogP) is 3.46. The summed E-state index contributed by atoms with van der Waals surface area (Å²) < 4.78 is 5.29. The largest absolute Gasteiger partial charge is 0.383 e. The fourth-order valence-electron chi connectivity index (χ4n) is 2.23. The van der Waals surface area contributed by atoms with Crippen LogP contribution < -0.4 is 5.32 Å². The first-order valence-corrected chi connectivity index (χ1v) is 6.81. The van der Waals surface area contributed by atoms with E-state index in [0.717, 1.165) is 12.5 Å². The van der Waals surface area contributed by atoms with Crippen LogP contribution in [0, 0.1) is 11.8 Å². The Kier molecular flexibility index (Phi) is 8.96. The van der Waals surface area contributed by atoms with E-state index in [1.165, 1.54) is 19.3 Å². The molecule has 0 aromatic carbocycles. The lowest BCUT2D eigenvalue weighted by Gasteiger charge is -2.31. The second-order valence-electron chi connectivity index (χ2n) is 5.25. The van der Waals surface area contributed by atoms with Gasteiger partial charge in [0.1, 0.15) is 0 Å². The normalized spacial score (nSPS) is 17.4. The van der Waals surface area contributed by atoms with E-state index >= 15 is 0 Å². The van der Waals surface area contributed by atoms with Crippen LogP contribution in [-0.2, 0) is 4.74 Å². The summed E-state index contributed by atoms with van der Waals surface area (Å²) in [6.45, 7) is 12.2. The van der Waals surface area contributed by atoms with Gasteiger partial charge in [0.15, 0.2) is 0 Å². The highest BCUT2D eigenvalue weighted by Crippen LogP contribution is 2.15. The van der Waals surface area contributed by atoms with Gasteiger partial charge in [-0.25, -0.2) is 0 Å². The van der Waals surface area contributed by atoms with E-state index in [-0.39, 0.29) is 0 Å². The molecular weight excluding hydrogens is 198 g/mol. The molecule has 16 heavy (non-hydrogen) atoms. The summed E-state index contributed by atoms with van der Waals surface area (Å²) >= 11 is 0. The molecule has 3 atom stereocenters. The molecule has 0 aliphatic carbocycles. The van der Waals surface area contributed by atoms with Crippen LogP contribution in [0.3, 0.4) is 0 Å². The molecule has 2 heteroatoms. The zero-order chi connectivity index (χ0) is 12.6. The van der Waals surface area contributed by atoms with Gasteiger partial charge in [-0.15, -0.1) is 0 Å². The van der Waals surface area contributed by atoms with Crippen molar-refractivity contribution in [3.63, 3.8) is 0 Å². The molecule has 0 rings (SSSR count). The zero-order valence-electron chi connectivity index (χ0n) is 12.0. The first-order chi connectivity index (χ1) is 7.56.